The van der Waals surface area contributed by atoms with E-state index in [0.717, 1.165) is 16.9 Å². The molecule has 4 nitrogen and oxygen atoms in total. The molecule has 0 saturated heterocycles. The molecular weight excluding hydrogens is 374 g/mol. The first-order chi connectivity index (χ1) is 13.4. The van der Waals surface area contributed by atoms with Gasteiger partial charge in [0.15, 0.2) is 6.10 Å². The van der Waals surface area contributed by atoms with E-state index in [0.29, 0.717) is 23.9 Å². The highest BCUT2D eigenvalue weighted by Crippen LogP contribution is 2.23. The monoisotopic (exact) mass is 397 g/mol. The molecule has 1 heterocycles. The predicted molar refractivity (Wildman–Crippen MR) is 110 cm³/mol. The van der Waals surface area contributed by atoms with Crippen LogP contribution in [0.1, 0.15) is 29.4 Å². The molecule has 5 heteroatoms. The van der Waals surface area contributed by atoms with Crippen LogP contribution in [-0.4, -0.2) is 16.9 Å². The Morgan fingerprint density at radius 2 is 1.86 bits per heavy atom. The van der Waals surface area contributed by atoms with Crippen molar-refractivity contribution >= 4 is 17.5 Å². The number of halogens is 1. The largest absolute Gasteiger partial charge is 0.481 e. The molecule has 3 rings (SSSR count). The second-order valence-corrected chi connectivity index (χ2v) is 7.34. The van der Waals surface area contributed by atoms with Crippen molar-refractivity contribution in [3.63, 3.8) is 0 Å². The van der Waals surface area contributed by atoms with E-state index in [1.54, 1.807) is 30.2 Å². The normalized spacial score (nSPS) is 11.9. The predicted octanol–water partition coefficient (Wildman–Crippen LogP) is 5.55. The zero-order valence-electron chi connectivity index (χ0n) is 16.3. The Hall–Kier alpha value is -2.72. The van der Waals surface area contributed by atoms with Crippen LogP contribution in [0.4, 0.5) is 0 Å². The van der Waals surface area contributed by atoms with Gasteiger partial charge in [0.05, 0.1) is 12.8 Å². The molecule has 0 aliphatic carbocycles. The van der Waals surface area contributed by atoms with Crippen molar-refractivity contribution in [2.75, 3.05) is 0 Å². The number of carbonyl (C=O) groups excluding carboxylic acids is 1. The zero-order chi connectivity index (χ0) is 20.1. The maximum absolute atomic E-state index is 13.1. The fourth-order valence-corrected chi connectivity index (χ4v) is 3.04. The molecule has 28 heavy (non-hydrogen) atoms. The minimum atomic E-state index is -0.638. The van der Waals surface area contributed by atoms with Crippen molar-refractivity contribution in [1.82, 2.24) is 4.90 Å². The van der Waals surface area contributed by atoms with E-state index in [1.165, 1.54) is 5.56 Å². The van der Waals surface area contributed by atoms with Crippen LogP contribution < -0.4 is 4.74 Å². The van der Waals surface area contributed by atoms with Crippen LogP contribution in [0.3, 0.4) is 0 Å². The van der Waals surface area contributed by atoms with Crippen LogP contribution in [0.5, 0.6) is 5.75 Å². The van der Waals surface area contributed by atoms with Gasteiger partial charge >= 0.3 is 0 Å². The summed E-state index contributed by atoms with van der Waals surface area (Å²) < 4.78 is 11.3. The summed E-state index contributed by atoms with van der Waals surface area (Å²) >= 11 is 6.07. The molecule has 1 atom stereocenters. The Morgan fingerprint density at radius 3 is 2.50 bits per heavy atom. The second-order valence-electron chi connectivity index (χ2n) is 6.93. The van der Waals surface area contributed by atoms with Gasteiger partial charge < -0.3 is 14.1 Å². The number of carbonyl (C=O) groups is 1. The first-order valence-electron chi connectivity index (χ1n) is 9.22. The number of aryl methyl sites for hydroxylation is 2. The first kappa shape index (κ1) is 20.0. The molecule has 0 bridgehead atoms. The van der Waals surface area contributed by atoms with Crippen LogP contribution in [-0.2, 0) is 17.9 Å². The van der Waals surface area contributed by atoms with Crippen LogP contribution in [0.2, 0.25) is 5.02 Å². The quantitative estimate of drug-likeness (QED) is 0.525. The summed E-state index contributed by atoms with van der Waals surface area (Å²) in [5.74, 6) is 1.25. The summed E-state index contributed by atoms with van der Waals surface area (Å²) in [6.07, 6.45) is 0.973. The standard InChI is InChI=1S/C23H24ClNO3/c1-16-6-8-19(9-7-16)14-25(15-21-5-4-12-27-21)23(26)18(3)28-20-10-11-22(24)17(2)13-20/h4-13,18H,14-15H2,1-3H3. The van der Waals surface area contributed by atoms with Crippen molar-refractivity contribution in [3.8, 4) is 5.75 Å². The maximum atomic E-state index is 13.1. The van der Waals surface area contributed by atoms with Crippen molar-refractivity contribution in [2.45, 2.75) is 40.0 Å². The highest BCUT2D eigenvalue weighted by molar-refractivity contribution is 6.31. The Labute approximate surface area is 170 Å². The van der Waals surface area contributed by atoms with Gasteiger partial charge in [0.2, 0.25) is 0 Å². The molecule has 1 amide bonds. The van der Waals surface area contributed by atoms with Gasteiger partial charge in [0.25, 0.3) is 5.91 Å². The number of hydrogen-bond acceptors (Lipinski definition) is 3. The minimum absolute atomic E-state index is 0.107. The number of benzene rings is 2. The van der Waals surface area contributed by atoms with Gasteiger partial charge in [-0.1, -0.05) is 41.4 Å². The molecular formula is C23H24ClNO3. The first-order valence-corrected chi connectivity index (χ1v) is 9.59. The van der Waals surface area contributed by atoms with Gasteiger partial charge in [-0.25, -0.2) is 0 Å². The molecule has 0 N–H and O–H groups in total. The lowest BCUT2D eigenvalue weighted by molar-refractivity contribution is -0.139. The fourth-order valence-electron chi connectivity index (χ4n) is 2.92. The Kier molecular flexibility index (Phi) is 6.42. The zero-order valence-corrected chi connectivity index (χ0v) is 17.1. The van der Waals surface area contributed by atoms with Crippen LogP contribution in [0.25, 0.3) is 0 Å². The third-order valence-corrected chi connectivity index (χ3v) is 4.95. The van der Waals surface area contributed by atoms with E-state index < -0.39 is 6.10 Å². The summed E-state index contributed by atoms with van der Waals surface area (Å²) in [6.45, 7) is 6.57. The Balaban J connectivity index is 1.75. The summed E-state index contributed by atoms with van der Waals surface area (Å²) in [5, 5.41) is 0.671. The number of rotatable bonds is 7. The lowest BCUT2D eigenvalue weighted by Crippen LogP contribution is -2.39. The fraction of sp³-hybridized carbons (Fsp3) is 0.261. The van der Waals surface area contributed by atoms with Crippen LogP contribution in [0.15, 0.2) is 65.3 Å². The molecule has 0 saturated carbocycles. The lowest BCUT2D eigenvalue weighted by Gasteiger charge is -2.26. The van der Waals surface area contributed by atoms with Gasteiger partial charge in [0, 0.05) is 11.6 Å². The number of hydrogen-bond donors (Lipinski definition) is 0. The SMILES string of the molecule is Cc1ccc(CN(Cc2ccco2)C(=O)C(C)Oc2ccc(Cl)c(C)c2)cc1. The smallest absolute Gasteiger partial charge is 0.264 e. The maximum Gasteiger partial charge on any atom is 0.264 e. The third-order valence-electron chi connectivity index (χ3n) is 4.52. The number of furan rings is 1. The van der Waals surface area contributed by atoms with E-state index in [2.05, 4.69) is 0 Å². The molecule has 0 fully saturated rings. The highest BCUT2D eigenvalue weighted by Gasteiger charge is 2.23. The summed E-state index contributed by atoms with van der Waals surface area (Å²) in [4.78, 5) is 14.9. The number of nitrogens with zero attached hydrogens (tertiary/aromatic N) is 1. The van der Waals surface area contributed by atoms with Gasteiger partial charge in [-0.2, -0.15) is 0 Å². The Morgan fingerprint density at radius 1 is 1.11 bits per heavy atom. The third kappa shape index (κ3) is 5.17. The Bertz CT molecular complexity index is 920. The number of ether oxygens (including phenoxy) is 1. The number of amides is 1. The highest BCUT2D eigenvalue weighted by atomic mass is 35.5. The van der Waals surface area contributed by atoms with E-state index in [-0.39, 0.29) is 5.91 Å². The molecule has 1 unspecified atom stereocenters. The molecule has 0 aliphatic heterocycles. The summed E-state index contributed by atoms with van der Waals surface area (Å²) in [5.41, 5.74) is 3.15. The lowest BCUT2D eigenvalue weighted by atomic mass is 10.1. The molecule has 0 radical (unpaired) electrons. The molecule has 0 spiro atoms. The molecule has 3 aromatic rings. The van der Waals surface area contributed by atoms with Gasteiger partial charge in [-0.05, 0) is 62.2 Å². The van der Waals surface area contributed by atoms with E-state index in [4.69, 9.17) is 20.8 Å². The second kappa shape index (κ2) is 8.98. The van der Waals surface area contributed by atoms with Crippen molar-refractivity contribution in [1.29, 1.82) is 0 Å². The van der Waals surface area contributed by atoms with Gasteiger partial charge in [-0.15, -0.1) is 0 Å². The van der Waals surface area contributed by atoms with Crippen molar-refractivity contribution in [2.24, 2.45) is 0 Å². The summed E-state index contributed by atoms with van der Waals surface area (Å²) in [7, 11) is 0. The van der Waals surface area contributed by atoms with E-state index in [9.17, 15) is 4.79 Å². The average molecular weight is 398 g/mol. The average Bonchev–Trinajstić information content (AvgIpc) is 3.18. The van der Waals surface area contributed by atoms with Gasteiger partial charge in [-0.3, -0.25) is 4.79 Å². The van der Waals surface area contributed by atoms with Gasteiger partial charge in [0.1, 0.15) is 11.5 Å². The molecule has 2 aromatic carbocycles. The van der Waals surface area contributed by atoms with Crippen molar-refractivity contribution < 1.29 is 13.9 Å². The summed E-state index contributed by atoms with van der Waals surface area (Å²) in [6, 6.07) is 17.2. The van der Waals surface area contributed by atoms with E-state index >= 15 is 0 Å². The van der Waals surface area contributed by atoms with E-state index in [1.807, 2.05) is 56.3 Å². The molecule has 146 valence electrons. The molecule has 1 aromatic heterocycles. The molecule has 0 aliphatic rings. The van der Waals surface area contributed by atoms with Crippen LogP contribution in [0, 0.1) is 13.8 Å². The van der Waals surface area contributed by atoms with Crippen molar-refractivity contribution in [3.05, 3.63) is 88.3 Å². The van der Waals surface area contributed by atoms with Crippen LogP contribution >= 0.6 is 11.6 Å². The topological polar surface area (TPSA) is 42.7 Å². The minimum Gasteiger partial charge on any atom is -0.481 e.